The van der Waals surface area contributed by atoms with Crippen molar-refractivity contribution in [2.75, 3.05) is 13.2 Å². The summed E-state index contributed by atoms with van der Waals surface area (Å²) in [6.07, 6.45) is 7.11. The molecule has 0 bridgehead atoms. The lowest BCUT2D eigenvalue weighted by molar-refractivity contribution is 0.121. The molecule has 0 aromatic heterocycles. The van der Waals surface area contributed by atoms with Crippen molar-refractivity contribution in [3.63, 3.8) is 0 Å². The monoisotopic (exact) mass is 214 g/mol. The zero-order chi connectivity index (χ0) is 11.5. The van der Waals surface area contributed by atoms with Crippen molar-refractivity contribution in [1.82, 2.24) is 0 Å². The topological polar surface area (TPSA) is 49.7 Å². The molecule has 0 aromatic carbocycles. The number of hydrogen-bond acceptors (Lipinski definition) is 3. The Bertz CT molecular complexity index is 152. The molecule has 1 saturated carbocycles. The summed E-state index contributed by atoms with van der Waals surface area (Å²) in [5.74, 6) is 0.928. The van der Waals surface area contributed by atoms with Gasteiger partial charge in [0.15, 0.2) is 0 Å². The molecule has 1 fully saturated rings. The molecule has 2 atom stereocenters. The summed E-state index contributed by atoms with van der Waals surface area (Å²) in [5, 5.41) is 17.6. The van der Waals surface area contributed by atoms with E-state index in [-0.39, 0.29) is 0 Å². The van der Waals surface area contributed by atoms with Gasteiger partial charge in [0, 0.05) is 13.2 Å². The highest BCUT2D eigenvalue weighted by atomic mass is 16.5. The molecule has 0 spiro atoms. The SMILES string of the molecule is C=COC=C.OCC1CCCC(CO)C1. The average molecular weight is 214 g/mol. The molecule has 3 heteroatoms. The molecule has 0 saturated heterocycles. The number of rotatable bonds is 4. The first kappa shape index (κ1) is 14.2. The number of hydrogen-bond donors (Lipinski definition) is 2. The van der Waals surface area contributed by atoms with Crippen LogP contribution in [0.1, 0.15) is 25.7 Å². The van der Waals surface area contributed by atoms with Crippen LogP contribution in [0.4, 0.5) is 0 Å². The highest BCUT2D eigenvalue weighted by molar-refractivity contribution is 4.71. The van der Waals surface area contributed by atoms with Crippen LogP contribution in [-0.4, -0.2) is 23.4 Å². The summed E-state index contributed by atoms with van der Waals surface area (Å²) in [5.41, 5.74) is 0. The van der Waals surface area contributed by atoms with E-state index in [1.807, 2.05) is 0 Å². The van der Waals surface area contributed by atoms with Crippen molar-refractivity contribution >= 4 is 0 Å². The molecule has 1 rings (SSSR count). The van der Waals surface area contributed by atoms with Crippen LogP contribution in [-0.2, 0) is 4.74 Å². The van der Waals surface area contributed by atoms with Gasteiger partial charge in [0.1, 0.15) is 0 Å². The molecule has 2 N–H and O–H groups in total. The third kappa shape index (κ3) is 7.17. The number of aliphatic hydroxyl groups is 2. The third-order valence-corrected chi connectivity index (χ3v) is 2.60. The minimum absolute atomic E-state index is 0.302. The van der Waals surface area contributed by atoms with Crippen LogP contribution < -0.4 is 0 Å². The highest BCUT2D eigenvalue weighted by Gasteiger charge is 2.20. The van der Waals surface area contributed by atoms with Gasteiger partial charge in [0.05, 0.1) is 12.5 Å². The van der Waals surface area contributed by atoms with Crippen molar-refractivity contribution < 1.29 is 14.9 Å². The van der Waals surface area contributed by atoms with Crippen LogP contribution in [0, 0.1) is 11.8 Å². The van der Waals surface area contributed by atoms with E-state index in [1.165, 1.54) is 18.9 Å². The Morgan fingerprint density at radius 2 is 1.53 bits per heavy atom. The van der Waals surface area contributed by atoms with E-state index in [9.17, 15) is 0 Å². The Kier molecular flexibility index (Phi) is 9.22. The first-order chi connectivity index (χ1) is 7.28. The molecule has 0 aliphatic heterocycles. The van der Waals surface area contributed by atoms with Gasteiger partial charge in [-0.3, -0.25) is 0 Å². The van der Waals surface area contributed by atoms with Gasteiger partial charge in [-0.15, -0.1) is 0 Å². The van der Waals surface area contributed by atoms with E-state index in [0.717, 1.165) is 19.3 Å². The zero-order valence-electron chi connectivity index (χ0n) is 9.27. The van der Waals surface area contributed by atoms with Crippen LogP contribution >= 0.6 is 0 Å². The van der Waals surface area contributed by atoms with Crippen LogP contribution in [0.15, 0.2) is 25.7 Å². The van der Waals surface area contributed by atoms with Crippen LogP contribution in [0.25, 0.3) is 0 Å². The third-order valence-electron chi connectivity index (χ3n) is 2.60. The first-order valence-electron chi connectivity index (χ1n) is 5.37. The van der Waals surface area contributed by atoms with Crippen LogP contribution in [0.5, 0.6) is 0 Å². The highest BCUT2D eigenvalue weighted by Crippen LogP contribution is 2.27. The fraction of sp³-hybridized carbons (Fsp3) is 0.667. The first-order valence-corrected chi connectivity index (χ1v) is 5.37. The van der Waals surface area contributed by atoms with E-state index in [2.05, 4.69) is 17.9 Å². The Morgan fingerprint density at radius 3 is 1.80 bits per heavy atom. The van der Waals surface area contributed by atoms with E-state index in [4.69, 9.17) is 10.2 Å². The standard InChI is InChI=1S/C8H16O2.C4H6O/c9-5-7-2-1-3-8(4-7)6-10;1-3-5-4-2/h7-10H,1-6H2;3-4H,1-2H2. The summed E-state index contributed by atoms with van der Waals surface area (Å²) in [6.45, 7) is 7.12. The predicted octanol–water partition coefficient (Wildman–Crippen LogP) is 2.07. The molecule has 0 radical (unpaired) electrons. The predicted molar refractivity (Wildman–Crippen MR) is 61.1 cm³/mol. The fourth-order valence-corrected chi connectivity index (χ4v) is 1.80. The lowest BCUT2D eigenvalue weighted by Gasteiger charge is -2.26. The largest absolute Gasteiger partial charge is 0.474 e. The minimum Gasteiger partial charge on any atom is -0.474 e. The lowest BCUT2D eigenvalue weighted by Crippen LogP contribution is -2.20. The van der Waals surface area contributed by atoms with Crippen molar-refractivity contribution in [3.05, 3.63) is 25.7 Å². The van der Waals surface area contributed by atoms with Crippen LogP contribution in [0.3, 0.4) is 0 Å². The molecule has 0 heterocycles. The molecule has 1 aliphatic rings. The Morgan fingerprint density at radius 1 is 1.07 bits per heavy atom. The van der Waals surface area contributed by atoms with E-state index in [0.29, 0.717) is 25.0 Å². The quantitative estimate of drug-likeness (QED) is 0.704. The van der Waals surface area contributed by atoms with E-state index < -0.39 is 0 Å². The molecule has 15 heavy (non-hydrogen) atoms. The summed E-state index contributed by atoms with van der Waals surface area (Å²) in [6, 6.07) is 0. The van der Waals surface area contributed by atoms with Gasteiger partial charge in [-0.1, -0.05) is 19.6 Å². The molecular formula is C12H22O3. The Labute approximate surface area is 92.1 Å². The van der Waals surface area contributed by atoms with E-state index >= 15 is 0 Å². The molecule has 88 valence electrons. The maximum absolute atomic E-state index is 8.82. The van der Waals surface area contributed by atoms with Crippen molar-refractivity contribution in [2.24, 2.45) is 11.8 Å². The van der Waals surface area contributed by atoms with Crippen molar-refractivity contribution in [2.45, 2.75) is 25.7 Å². The maximum Gasteiger partial charge on any atom is 0.0829 e. The van der Waals surface area contributed by atoms with Crippen molar-refractivity contribution in [3.8, 4) is 0 Å². The molecule has 1 aliphatic carbocycles. The second kappa shape index (κ2) is 9.74. The molecule has 2 unspecified atom stereocenters. The molecule has 0 aromatic rings. The zero-order valence-corrected chi connectivity index (χ0v) is 9.27. The molecule has 0 amide bonds. The van der Waals surface area contributed by atoms with Crippen LogP contribution in [0.2, 0.25) is 0 Å². The average Bonchev–Trinajstić information content (AvgIpc) is 2.31. The van der Waals surface area contributed by atoms with Gasteiger partial charge in [0.2, 0.25) is 0 Å². The second-order valence-corrected chi connectivity index (χ2v) is 3.73. The van der Waals surface area contributed by atoms with Gasteiger partial charge in [0.25, 0.3) is 0 Å². The van der Waals surface area contributed by atoms with Gasteiger partial charge in [-0.2, -0.15) is 0 Å². The fourth-order valence-electron chi connectivity index (χ4n) is 1.80. The minimum atomic E-state index is 0.302. The lowest BCUT2D eigenvalue weighted by atomic mass is 9.82. The normalized spacial score (nSPS) is 24.7. The summed E-state index contributed by atoms with van der Waals surface area (Å²) in [7, 11) is 0. The summed E-state index contributed by atoms with van der Waals surface area (Å²) < 4.78 is 4.36. The van der Waals surface area contributed by atoms with Gasteiger partial charge < -0.3 is 14.9 Å². The molecular weight excluding hydrogens is 192 g/mol. The van der Waals surface area contributed by atoms with Gasteiger partial charge >= 0.3 is 0 Å². The summed E-state index contributed by atoms with van der Waals surface area (Å²) >= 11 is 0. The second-order valence-electron chi connectivity index (χ2n) is 3.73. The smallest absolute Gasteiger partial charge is 0.0829 e. The Hall–Kier alpha value is -0.800. The summed E-state index contributed by atoms with van der Waals surface area (Å²) in [4.78, 5) is 0. The maximum atomic E-state index is 8.82. The van der Waals surface area contributed by atoms with E-state index in [1.54, 1.807) is 0 Å². The number of aliphatic hydroxyl groups excluding tert-OH is 2. The van der Waals surface area contributed by atoms with Crippen molar-refractivity contribution in [1.29, 1.82) is 0 Å². The van der Waals surface area contributed by atoms with Gasteiger partial charge in [-0.25, -0.2) is 0 Å². The Balaban J connectivity index is 0.000000336. The molecule has 3 nitrogen and oxygen atoms in total. The number of ether oxygens (including phenoxy) is 1. The van der Waals surface area contributed by atoms with Gasteiger partial charge in [-0.05, 0) is 31.1 Å².